The van der Waals surface area contributed by atoms with Crippen molar-refractivity contribution in [2.24, 2.45) is 39.9 Å². The predicted octanol–water partition coefficient (Wildman–Crippen LogP) is 5.99. The average molecular weight is 475 g/mol. The Morgan fingerprint density at radius 2 is 1.94 bits per heavy atom. The van der Waals surface area contributed by atoms with Gasteiger partial charge in [-0.15, -0.1) is 6.58 Å². The zero-order valence-electron chi connectivity index (χ0n) is 21.3. The third-order valence-corrected chi connectivity index (χ3v) is 12.5. The molecule has 1 unspecified atom stereocenters. The first-order valence-corrected chi connectivity index (χ1v) is 13.8. The maximum Gasteiger partial charge on any atom is 0.324 e. The highest BCUT2D eigenvalue weighted by Crippen LogP contribution is 2.71. The number of rotatable bonds is 3. The number of ether oxygens (including phenoxy) is 2. The maximum atomic E-state index is 14.5. The number of esters is 2. The molecule has 1 spiro atoms. The van der Waals surface area contributed by atoms with Gasteiger partial charge in [-0.2, -0.15) is 0 Å². The van der Waals surface area contributed by atoms with Crippen LogP contribution in [0.1, 0.15) is 82.8 Å². The first kappa shape index (κ1) is 22.1. The smallest absolute Gasteiger partial charge is 0.324 e. The van der Waals surface area contributed by atoms with Crippen LogP contribution in [-0.4, -0.2) is 23.6 Å². The molecule has 1 heterocycles. The Bertz CT molecular complexity index is 1140. The van der Waals surface area contributed by atoms with Gasteiger partial charge in [0.1, 0.15) is 11.7 Å². The molecule has 1 aliphatic heterocycles. The second kappa shape index (κ2) is 6.81. The van der Waals surface area contributed by atoms with Crippen molar-refractivity contribution < 1.29 is 19.1 Å². The van der Waals surface area contributed by atoms with Crippen LogP contribution in [0.25, 0.3) is 0 Å². The van der Waals surface area contributed by atoms with Crippen LogP contribution in [0.4, 0.5) is 0 Å². The lowest BCUT2D eigenvalue weighted by atomic mass is 9.50. The molecule has 0 N–H and O–H groups in total. The van der Waals surface area contributed by atoms with Gasteiger partial charge in [-0.05, 0) is 73.3 Å². The third-order valence-electron chi connectivity index (χ3n) is 12.5. The summed E-state index contributed by atoms with van der Waals surface area (Å²) in [6.45, 7) is 11.1. The molecule has 4 bridgehead atoms. The molecular weight excluding hydrogens is 436 g/mol. The van der Waals surface area contributed by atoms with Crippen LogP contribution in [0.15, 0.2) is 36.9 Å². The van der Waals surface area contributed by atoms with E-state index in [1.54, 1.807) is 0 Å². The summed E-state index contributed by atoms with van der Waals surface area (Å²) in [6, 6.07) is 8.46. The van der Waals surface area contributed by atoms with E-state index in [9.17, 15) is 9.59 Å². The first-order chi connectivity index (χ1) is 16.7. The van der Waals surface area contributed by atoms with Crippen molar-refractivity contribution in [3.63, 3.8) is 0 Å². The molecule has 35 heavy (non-hydrogen) atoms. The molecule has 1 aromatic rings. The van der Waals surface area contributed by atoms with Crippen molar-refractivity contribution in [1.29, 1.82) is 0 Å². The van der Waals surface area contributed by atoms with E-state index >= 15 is 0 Å². The van der Waals surface area contributed by atoms with Gasteiger partial charge in [-0.25, -0.2) is 0 Å². The highest BCUT2D eigenvalue weighted by atomic mass is 16.6. The SMILES string of the molecule is C=C[C@@H]1CC[C@H]2[C@@H]3CCc4ccccc4[C@H]3[C@@]3(C(=O)OC4C[C@H]5CC[C@@]4(C)C5(C)C)C[C@@]12OC3=O. The summed E-state index contributed by atoms with van der Waals surface area (Å²) >= 11 is 0. The van der Waals surface area contributed by atoms with Crippen LogP contribution >= 0.6 is 0 Å². The van der Waals surface area contributed by atoms with E-state index in [4.69, 9.17) is 9.47 Å². The van der Waals surface area contributed by atoms with E-state index in [2.05, 4.69) is 51.6 Å². The quantitative estimate of drug-likeness (QED) is 0.307. The monoisotopic (exact) mass is 474 g/mol. The zero-order valence-corrected chi connectivity index (χ0v) is 21.3. The standard InChI is InChI=1S/C31H38O4/c1-5-19-11-13-23-22-12-10-18-8-6-7-9-21(18)25(22)30(17-31(19,23)35-27(30)33)26(32)34-24-16-20-14-15-29(24,4)28(20,2)3/h5-9,19-20,22-25H,1,10-17H2,2-4H3/t19-,20-,22+,23+,24?,25-,29-,30-,31-/m1/s1. The lowest BCUT2D eigenvalue weighted by Crippen LogP contribution is -2.56. The lowest BCUT2D eigenvalue weighted by Gasteiger charge is -2.51. The number of benzene rings is 1. The van der Waals surface area contributed by atoms with Gasteiger partial charge in [0.2, 0.25) is 0 Å². The molecule has 0 aromatic heterocycles. The summed E-state index contributed by atoms with van der Waals surface area (Å²) in [5.74, 6) is 0.430. The van der Waals surface area contributed by atoms with Gasteiger partial charge in [0.05, 0.1) is 0 Å². The van der Waals surface area contributed by atoms with E-state index in [0.29, 0.717) is 12.3 Å². The summed E-state index contributed by atoms with van der Waals surface area (Å²) in [4.78, 5) is 28.5. The second-order valence-corrected chi connectivity index (χ2v) is 13.4. The molecule has 4 nitrogen and oxygen atoms in total. The molecule has 0 radical (unpaired) electrons. The number of hydrogen-bond donors (Lipinski definition) is 0. The van der Waals surface area contributed by atoms with E-state index in [1.807, 2.05) is 6.08 Å². The Balaban J connectivity index is 1.34. The summed E-state index contributed by atoms with van der Waals surface area (Å²) in [6.07, 6.45) is 9.51. The molecule has 4 saturated carbocycles. The molecule has 4 heteroatoms. The van der Waals surface area contributed by atoms with Crippen LogP contribution in [0.5, 0.6) is 0 Å². The molecule has 9 atom stereocenters. The fourth-order valence-electron chi connectivity index (χ4n) is 10.1. The Kier molecular flexibility index (Phi) is 4.30. The Morgan fingerprint density at radius 1 is 1.14 bits per heavy atom. The topological polar surface area (TPSA) is 52.6 Å². The number of carbonyl (C=O) groups is 2. The van der Waals surface area contributed by atoms with Gasteiger partial charge in [0, 0.05) is 29.6 Å². The Hall–Kier alpha value is -2.10. The van der Waals surface area contributed by atoms with Crippen LogP contribution in [0.3, 0.4) is 0 Å². The van der Waals surface area contributed by atoms with Gasteiger partial charge in [-0.1, -0.05) is 51.1 Å². The van der Waals surface area contributed by atoms with E-state index in [0.717, 1.165) is 38.5 Å². The van der Waals surface area contributed by atoms with Crippen LogP contribution in [0, 0.1) is 39.9 Å². The summed E-state index contributed by atoms with van der Waals surface area (Å²) in [5.41, 5.74) is 0.718. The molecule has 186 valence electrons. The predicted molar refractivity (Wildman–Crippen MR) is 132 cm³/mol. The largest absolute Gasteiger partial charge is 0.461 e. The molecule has 1 aromatic carbocycles. The number of fused-ring (bicyclic) bond motifs is 8. The van der Waals surface area contributed by atoms with Crippen LogP contribution < -0.4 is 0 Å². The van der Waals surface area contributed by atoms with Crippen molar-refractivity contribution in [3.05, 3.63) is 48.0 Å². The lowest BCUT2D eigenvalue weighted by molar-refractivity contribution is -0.177. The summed E-state index contributed by atoms with van der Waals surface area (Å²) < 4.78 is 12.9. The van der Waals surface area contributed by atoms with E-state index in [1.165, 1.54) is 17.5 Å². The highest BCUT2D eigenvalue weighted by Gasteiger charge is 2.77. The molecule has 5 fully saturated rings. The molecular formula is C31H38O4. The number of hydrogen-bond acceptors (Lipinski definition) is 4. The Morgan fingerprint density at radius 3 is 2.66 bits per heavy atom. The fraction of sp³-hybridized carbons (Fsp3) is 0.677. The van der Waals surface area contributed by atoms with Crippen LogP contribution in [0.2, 0.25) is 0 Å². The van der Waals surface area contributed by atoms with Crippen molar-refractivity contribution in [2.45, 2.75) is 89.8 Å². The van der Waals surface area contributed by atoms with Crippen molar-refractivity contribution in [1.82, 2.24) is 0 Å². The average Bonchev–Trinajstić information content (AvgIpc) is 3.47. The normalized spacial score (nSPS) is 48.0. The molecule has 0 amide bonds. The fourth-order valence-corrected chi connectivity index (χ4v) is 10.1. The van der Waals surface area contributed by atoms with Gasteiger partial charge in [-0.3, -0.25) is 9.59 Å². The van der Waals surface area contributed by atoms with Crippen LogP contribution in [-0.2, 0) is 25.5 Å². The first-order valence-electron chi connectivity index (χ1n) is 13.8. The molecule has 1 saturated heterocycles. The van der Waals surface area contributed by atoms with Crippen molar-refractivity contribution in [3.8, 4) is 0 Å². The minimum atomic E-state index is -1.24. The summed E-state index contributed by atoms with van der Waals surface area (Å²) in [5, 5.41) is 0. The maximum absolute atomic E-state index is 14.5. The van der Waals surface area contributed by atoms with Crippen molar-refractivity contribution in [2.75, 3.05) is 0 Å². The molecule has 5 aliphatic carbocycles. The van der Waals surface area contributed by atoms with Gasteiger partial charge in [0.25, 0.3) is 0 Å². The van der Waals surface area contributed by atoms with E-state index < -0.39 is 11.0 Å². The second-order valence-electron chi connectivity index (χ2n) is 13.4. The molecule has 7 rings (SSSR count). The third kappa shape index (κ3) is 2.40. The number of aryl methyl sites for hydroxylation is 1. The minimum Gasteiger partial charge on any atom is -0.461 e. The number of carbonyl (C=O) groups excluding carboxylic acids is 2. The summed E-state index contributed by atoms with van der Waals surface area (Å²) in [7, 11) is 0. The Labute approximate surface area is 208 Å². The van der Waals surface area contributed by atoms with Gasteiger partial charge < -0.3 is 9.47 Å². The highest BCUT2D eigenvalue weighted by molar-refractivity contribution is 6.04. The van der Waals surface area contributed by atoms with Crippen molar-refractivity contribution >= 4 is 11.9 Å². The zero-order chi connectivity index (χ0) is 24.4. The van der Waals surface area contributed by atoms with Gasteiger partial charge in [0.15, 0.2) is 5.41 Å². The van der Waals surface area contributed by atoms with Gasteiger partial charge >= 0.3 is 11.9 Å². The van der Waals surface area contributed by atoms with E-state index in [-0.39, 0.29) is 52.5 Å². The minimum absolute atomic E-state index is 0.0394. The molecule has 6 aliphatic rings.